The van der Waals surface area contributed by atoms with Gasteiger partial charge in [0.05, 0.1) is 6.61 Å². The van der Waals surface area contributed by atoms with Gasteiger partial charge < -0.3 is 25.2 Å². The average Bonchev–Trinajstić information content (AvgIpc) is 2.32. The predicted molar refractivity (Wildman–Crippen MR) is 50.7 cm³/mol. The lowest BCUT2D eigenvalue weighted by Gasteiger charge is -2.13. The first-order valence-electron chi connectivity index (χ1n) is 3.20. The number of hydrogen-bond donors (Lipinski definition) is 4. The summed E-state index contributed by atoms with van der Waals surface area (Å²) < 4.78 is 4.32. The Morgan fingerprint density at radius 1 is 1.46 bits per heavy atom. The molecule has 0 aromatic rings. The minimum Gasteiger partial charge on any atom is -0.505 e. The van der Waals surface area contributed by atoms with Gasteiger partial charge in [0.2, 0.25) is 5.76 Å². The van der Waals surface area contributed by atoms with Crippen LogP contribution in [-0.2, 0) is 9.53 Å². The third-order valence-electron chi connectivity index (χ3n) is 1.48. The minimum absolute atomic E-state index is 0. The monoisotopic (exact) mass is 304 g/mol. The zero-order chi connectivity index (χ0) is 9.30. The van der Waals surface area contributed by atoms with Crippen molar-refractivity contribution in [1.29, 1.82) is 0 Å². The third-order valence-corrected chi connectivity index (χ3v) is 1.48. The Balaban J connectivity index is 0.00000144. The second kappa shape index (κ2) is 4.63. The van der Waals surface area contributed by atoms with E-state index in [1.165, 1.54) is 0 Å². The van der Waals surface area contributed by atoms with Gasteiger partial charge in [-0.25, -0.2) is 4.79 Å². The van der Waals surface area contributed by atoms with E-state index in [1.54, 1.807) is 0 Å². The summed E-state index contributed by atoms with van der Waals surface area (Å²) in [5.74, 6) is -2.78. The highest BCUT2D eigenvalue weighted by atomic mass is 127. The first-order chi connectivity index (χ1) is 5.57. The van der Waals surface area contributed by atoms with Crippen LogP contribution in [-0.4, -0.2) is 45.2 Å². The second-order valence-corrected chi connectivity index (χ2v) is 2.31. The number of cyclic esters (lactones) is 1. The van der Waals surface area contributed by atoms with Crippen LogP contribution in [0, 0.1) is 0 Å². The van der Waals surface area contributed by atoms with Gasteiger partial charge in [-0.15, -0.1) is 24.0 Å². The molecule has 0 saturated heterocycles. The van der Waals surface area contributed by atoms with E-state index >= 15 is 0 Å². The fourth-order valence-corrected chi connectivity index (χ4v) is 0.823. The summed E-state index contributed by atoms with van der Waals surface area (Å²) >= 11 is 0. The van der Waals surface area contributed by atoms with E-state index in [9.17, 15) is 4.79 Å². The average molecular weight is 304 g/mol. The molecule has 0 amide bonds. The van der Waals surface area contributed by atoms with Crippen molar-refractivity contribution in [2.24, 2.45) is 0 Å². The first kappa shape index (κ1) is 12.5. The smallest absolute Gasteiger partial charge is 0.377 e. The van der Waals surface area contributed by atoms with Crippen molar-refractivity contribution >= 4 is 29.9 Å². The summed E-state index contributed by atoms with van der Waals surface area (Å²) in [5.41, 5.74) is 0. The predicted octanol–water partition coefficient (Wildman–Crippen LogP) is -0.789. The first-order valence-corrected chi connectivity index (χ1v) is 3.20. The van der Waals surface area contributed by atoms with Crippen molar-refractivity contribution in [2.45, 2.75) is 12.2 Å². The van der Waals surface area contributed by atoms with Gasteiger partial charge in [-0.3, -0.25) is 0 Å². The summed E-state index contributed by atoms with van der Waals surface area (Å²) in [4.78, 5) is 10.5. The van der Waals surface area contributed by atoms with Crippen molar-refractivity contribution < 1.29 is 30.0 Å². The van der Waals surface area contributed by atoms with Crippen molar-refractivity contribution in [3.8, 4) is 0 Å². The van der Waals surface area contributed by atoms with Crippen LogP contribution < -0.4 is 0 Å². The molecular formula is C6H9IO6. The molecule has 1 rings (SSSR count). The van der Waals surface area contributed by atoms with E-state index in [0.717, 1.165) is 0 Å². The molecule has 0 unspecified atom stereocenters. The van der Waals surface area contributed by atoms with E-state index in [4.69, 9.17) is 20.4 Å². The summed E-state index contributed by atoms with van der Waals surface area (Å²) in [7, 11) is 0. The molecule has 0 spiro atoms. The topological polar surface area (TPSA) is 107 Å². The van der Waals surface area contributed by atoms with Crippen LogP contribution in [0.1, 0.15) is 0 Å². The lowest BCUT2D eigenvalue weighted by Crippen LogP contribution is -2.31. The van der Waals surface area contributed by atoms with Gasteiger partial charge in [0.25, 0.3) is 0 Å². The Kier molecular flexibility index (Phi) is 4.44. The molecule has 0 bridgehead atoms. The second-order valence-electron chi connectivity index (χ2n) is 2.31. The molecule has 1 aliphatic heterocycles. The lowest BCUT2D eigenvalue weighted by atomic mass is 10.2. The van der Waals surface area contributed by atoms with Gasteiger partial charge in [-0.05, 0) is 0 Å². The fraction of sp³-hybridized carbons (Fsp3) is 0.500. The van der Waals surface area contributed by atoms with E-state index in [2.05, 4.69) is 4.74 Å². The van der Waals surface area contributed by atoms with Gasteiger partial charge in [0.1, 0.15) is 6.10 Å². The Labute approximate surface area is 90.5 Å². The molecule has 0 radical (unpaired) electrons. The summed E-state index contributed by atoms with van der Waals surface area (Å²) in [6.45, 7) is -0.671. The van der Waals surface area contributed by atoms with Crippen LogP contribution in [0.2, 0.25) is 0 Å². The SMILES string of the molecule is I.O=C1O[C@H]([C@@H](O)CO)C(O)=C1O. The van der Waals surface area contributed by atoms with Crippen LogP contribution in [0.25, 0.3) is 0 Å². The van der Waals surface area contributed by atoms with Crippen molar-refractivity contribution in [1.82, 2.24) is 0 Å². The minimum atomic E-state index is -1.42. The van der Waals surface area contributed by atoms with Crippen LogP contribution in [0.5, 0.6) is 0 Å². The molecule has 0 aliphatic carbocycles. The zero-order valence-corrected chi connectivity index (χ0v) is 8.71. The van der Waals surface area contributed by atoms with E-state index in [1.807, 2.05) is 0 Å². The Morgan fingerprint density at radius 3 is 2.31 bits per heavy atom. The van der Waals surface area contributed by atoms with Gasteiger partial charge in [-0.1, -0.05) is 0 Å². The molecule has 1 aliphatic rings. The van der Waals surface area contributed by atoms with Crippen LogP contribution in [0.4, 0.5) is 0 Å². The van der Waals surface area contributed by atoms with Crippen LogP contribution in [0.15, 0.2) is 11.5 Å². The summed E-state index contributed by atoms with van der Waals surface area (Å²) in [5, 5.41) is 35.0. The number of ether oxygens (including phenoxy) is 1. The van der Waals surface area contributed by atoms with E-state index in [0.29, 0.717) is 0 Å². The highest BCUT2D eigenvalue weighted by molar-refractivity contribution is 14.0. The van der Waals surface area contributed by atoms with Crippen LogP contribution in [0.3, 0.4) is 0 Å². The number of carbonyl (C=O) groups excluding carboxylic acids is 1. The van der Waals surface area contributed by atoms with Crippen LogP contribution >= 0.6 is 24.0 Å². The van der Waals surface area contributed by atoms with Gasteiger partial charge in [0.15, 0.2) is 11.9 Å². The summed E-state index contributed by atoms with van der Waals surface area (Å²) in [6.07, 6.45) is -2.78. The number of carbonyl (C=O) groups is 1. The molecule has 4 N–H and O–H groups in total. The maximum absolute atomic E-state index is 10.5. The third kappa shape index (κ3) is 2.23. The largest absolute Gasteiger partial charge is 0.505 e. The van der Waals surface area contributed by atoms with Crippen molar-refractivity contribution in [2.75, 3.05) is 6.61 Å². The molecule has 6 nitrogen and oxygen atoms in total. The molecule has 0 aromatic heterocycles. The molecule has 0 fully saturated rings. The Hall–Kier alpha value is -0.540. The number of aliphatic hydroxyl groups excluding tert-OH is 4. The maximum Gasteiger partial charge on any atom is 0.377 e. The normalized spacial score (nSPS) is 23.8. The number of halogens is 1. The zero-order valence-electron chi connectivity index (χ0n) is 6.38. The number of hydrogen-bond acceptors (Lipinski definition) is 6. The number of rotatable bonds is 2. The number of aliphatic hydroxyl groups is 4. The standard InChI is InChI=1S/C6H8O6.HI/c7-1-2(8)5-3(9)4(10)6(11)12-5;/h2,5,7-10H,1H2;1H/t2-,5+;/m0./s1. The molecule has 76 valence electrons. The van der Waals surface area contributed by atoms with E-state index < -0.39 is 36.3 Å². The highest BCUT2D eigenvalue weighted by Gasteiger charge is 2.38. The van der Waals surface area contributed by atoms with Crippen molar-refractivity contribution in [3.05, 3.63) is 11.5 Å². The quantitative estimate of drug-likeness (QED) is 0.393. The number of esters is 1. The van der Waals surface area contributed by atoms with E-state index in [-0.39, 0.29) is 24.0 Å². The fourth-order valence-electron chi connectivity index (χ4n) is 0.823. The molecule has 0 aromatic carbocycles. The molecule has 13 heavy (non-hydrogen) atoms. The van der Waals surface area contributed by atoms with Gasteiger partial charge in [0, 0.05) is 0 Å². The molecule has 1 heterocycles. The Bertz CT molecular complexity index is 237. The van der Waals surface area contributed by atoms with Gasteiger partial charge >= 0.3 is 5.97 Å². The maximum atomic E-state index is 10.5. The summed E-state index contributed by atoms with van der Waals surface area (Å²) in [6, 6.07) is 0. The highest BCUT2D eigenvalue weighted by Crippen LogP contribution is 2.20. The van der Waals surface area contributed by atoms with Crippen molar-refractivity contribution in [3.63, 3.8) is 0 Å². The molecule has 0 saturated carbocycles. The van der Waals surface area contributed by atoms with Gasteiger partial charge in [-0.2, -0.15) is 0 Å². The molecule has 7 heteroatoms. The molecule has 2 atom stereocenters. The lowest BCUT2D eigenvalue weighted by molar-refractivity contribution is -0.147. The molecular weight excluding hydrogens is 295 g/mol. The Morgan fingerprint density at radius 2 is 2.00 bits per heavy atom.